The van der Waals surface area contributed by atoms with Gasteiger partial charge in [-0.15, -0.1) is 0 Å². The summed E-state index contributed by atoms with van der Waals surface area (Å²) in [7, 11) is 1.71. The first kappa shape index (κ1) is 13.4. The fourth-order valence-corrected chi connectivity index (χ4v) is 3.19. The van der Waals surface area contributed by atoms with Gasteiger partial charge >= 0.3 is 0 Å². The highest BCUT2D eigenvalue weighted by Crippen LogP contribution is 2.36. The quantitative estimate of drug-likeness (QED) is 0.881. The molecule has 1 saturated carbocycles. The fraction of sp³-hybridized carbons (Fsp3) is 0.625. The van der Waals surface area contributed by atoms with Crippen LogP contribution in [0.15, 0.2) is 18.2 Å². The Kier molecular flexibility index (Phi) is 4.28. The monoisotopic (exact) mass is 247 g/mol. The van der Waals surface area contributed by atoms with Gasteiger partial charge in [-0.05, 0) is 48.8 Å². The van der Waals surface area contributed by atoms with E-state index in [2.05, 4.69) is 26.0 Å². The largest absolute Gasteiger partial charge is 0.496 e. The summed E-state index contributed by atoms with van der Waals surface area (Å²) in [6.45, 7) is 4.43. The molecule has 0 spiro atoms. The molecule has 0 bridgehead atoms. The van der Waals surface area contributed by atoms with Crippen LogP contribution < -0.4 is 10.5 Å². The van der Waals surface area contributed by atoms with E-state index in [9.17, 15) is 0 Å². The first-order valence-corrected chi connectivity index (χ1v) is 7.02. The van der Waals surface area contributed by atoms with Crippen molar-refractivity contribution in [2.75, 3.05) is 7.11 Å². The molecule has 2 heteroatoms. The van der Waals surface area contributed by atoms with Gasteiger partial charge in [0, 0.05) is 6.04 Å². The third-order valence-corrected chi connectivity index (χ3v) is 4.29. The number of benzene rings is 1. The lowest BCUT2D eigenvalue weighted by Crippen LogP contribution is -2.26. The van der Waals surface area contributed by atoms with Gasteiger partial charge in [-0.3, -0.25) is 0 Å². The summed E-state index contributed by atoms with van der Waals surface area (Å²) in [5.74, 6) is 2.42. The topological polar surface area (TPSA) is 35.2 Å². The summed E-state index contributed by atoms with van der Waals surface area (Å²) in [5.41, 5.74) is 8.88. The molecule has 2 rings (SSSR count). The number of hydrogen-bond acceptors (Lipinski definition) is 2. The van der Waals surface area contributed by atoms with Gasteiger partial charge < -0.3 is 10.5 Å². The Balaban J connectivity index is 2.12. The van der Waals surface area contributed by atoms with Gasteiger partial charge in [-0.25, -0.2) is 0 Å². The zero-order chi connectivity index (χ0) is 13.1. The van der Waals surface area contributed by atoms with Gasteiger partial charge in [0.25, 0.3) is 0 Å². The number of methoxy groups -OCH3 is 1. The van der Waals surface area contributed by atoms with Gasteiger partial charge in [0.15, 0.2) is 0 Å². The lowest BCUT2D eigenvalue weighted by atomic mass is 9.77. The van der Waals surface area contributed by atoms with E-state index >= 15 is 0 Å². The Bertz CT molecular complexity index is 402. The highest BCUT2D eigenvalue weighted by atomic mass is 16.5. The second kappa shape index (κ2) is 5.75. The van der Waals surface area contributed by atoms with E-state index in [4.69, 9.17) is 10.5 Å². The molecule has 2 nitrogen and oxygen atoms in total. The molecule has 1 fully saturated rings. The lowest BCUT2D eigenvalue weighted by Gasteiger charge is -2.31. The molecule has 0 amide bonds. The van der Waals surface area contributed by atoms with Crippen molar-refractivity contribution in [3.8, 4) is 5.75 Å². The van der Waals surface area contributed by atoms with Gasteiger partial charge in [0.1, 0.15) is 5.75 Å². The van der Waals surface area contributed by atoms with Crippen molar-refractivity contribution in [3.63, 3.8) is 0 Å². The molecule has 1 aromatic carbocycles. The Morgan fingerprint density at radius 1 is 1.33 bits per heavy atom. The smallest absolute Gasteiger partial charge is 0.121 e. The molecule has 0 heterocycles. The number of hydrogen-bond donors (Lipinski definition) is 1. The van der Waals surface area contributed by atoms with Crippen LogP contribution in [0.3, 0.4) is 0 Å². The Morgan fingerprint density at radius 2 is 2.11 bits per heavy atom. The molecule has 1 aliphatic carbocycles. The Labute approximate surface area is 111 Å². The van der Waals surface area contributed by atoms with Crippen LogP contribution in [0.5, 0.6) is 5.75 Å². The zero-order valence-corrected chi connectivity index (χ0v) is 11.8. The van der Waals surface area contributed by atoms with Crippen LogP contribution in [0.1, 0.15) is 49.8 Å². The van der Waals surface area contributed by atoms with Crippen molar-refractivity contribution in [1.82, 2.24) is 0 Å². The number of aryl methyl sites for hydroxylation is 1. The minimum Gasteiger partial charge on any atom is -0.496 e. The summed E-state index contributed by atoms with van der Waals surface area (Å²) in [6.07, 6.45) is 5.24. The number of nitrogens with two attached hydrogens (primary N) is 1. The highest BCUT2D eigenvalue weighted by Gasteiger charge is 2.25. The first-order chi connectivity index (χ1) is 8.61. The van der Waals surface area contributed by atoms with Crippen molar-refractivity contribution < 1.29 is 4.74 Å². The average molecular weight is 247 g/mol. The molecule has 0 radical (unpaired) electrons. The standard InChI is InChI=1S/C16H25NO/c1-11-5-4-6-13(9-11)16(17)14-7-8-15(18-3)12(2)10-14/h7-8,10-11,13,16H,4-6,9,17H2,1-3H3. The predicted octanol–water partition coefficient (Wildman–Crippen LogP) is 3.83. The van der Waals surface area contributed by atoms with Crippen LogP contribution >= 0.6 is 0 Å². The first-order valence-electron chi connectivity index (χ1n) is 7.02. The summed E-state index contributed by atoms with van der Waals surface area (Å²) >= 11 is 0. The minimum absolute atomic E-state index is 0.178. The Morgan fingerprint density at radius 3 is 2.72 bits per heavy atom. The van der Waals surface area contributed by atoms with E-state index in [0.717, 1.165) is 11.7 Å². The van der Waals surface area contributed by atoms with Gasteiger partial charge in [-0.1, -0.05) is 31.9 Å². The average Bonchev–Trinajstić information content (AvgIpc) is 2.37. The minimum atomic E-state index is 0.178. The molecule has 0 aromatic heterocycles. The maximum absolute atomic E-state index is 6.45. The SMILES string of the molecule is COc1ccc(C(N)C2CCCC(C)C2)cc1C. The van der Waals surface area contributed by atoms with Crippen LogP contribution in [0.4, 0.5) is 0 Å². The normalized spacial score (nSPS) is 25.8. The molecule has 1 aromatic rings. The maximum atomic E-state index is 6.45. The molecule has 0 saturated heterocycles. The van der Waals surface area contributed by atoms with Crippen LogP contribution in [0, 0.1) is 18.8 Å². The van der Waals surface area contributed by atoms with Crippen molar-refractivity contribution in [2.24, 2.45) is 17.6 Å². The summed E-state index contributed by atoms with van der Waals surface area (Å²) in [4.78, 5) is 0. The summed E-state index contributed by atoms with van der Waals surface area (Å²) in [5, 5.41) is 0. The van der Waals surface area contributed by atoms with Gasteiger partial charge in [0.2, 0.25) is 0 Å². The fourth-order valence-electron chi connectivity index (χ4n) is 3.19. The summed E-state index contributed by atoms with van der Waals surface area (Å²) < 4.78 is 5.30. The van der Waals surface area contributed by atoms with E-state index in [1.807, 2.05) is 6.07 Å². The molecule has 1 aliphatic rings. The third-order valence-electron chi connectivity index (χ3n) is 4.29. The molecule has 3 atom stereocenters. The van der Waals surface area contributed by atoms with Crippen LogP contribution in [-0.2, 0) is 0 Å². The molecule has 0 aliphatic heterocycles. The molecular weight excluding hydrogens is 222 g/mol. The van der Waals surface area contributed by atoms with Gasteiger partial charge in [0.05, 0.1) is 7.11 Å². The van der Waals surface area contributed by atoms with Crippen LogP contribution in [0.2, 0.25) is 0 Å². The molecule has 3 unspecified atom stereocenters. The third kappa shape index (κ3) is 2.86. The van der Waals surface area contributed by atoms with Crippen LogP contribution in [0.25, 0.3) is 0 Å². The van der Waals surface area contributed by atoms with Crippen molar-refractivity contribution in [1.29, 1.82) is 0 Å². The Hall–Kier alpha value is -1.02. The predicted molar refractivity (Wildman–Crippen MR) is 75.8 cm³/mol. The van der Waals surface area contributed by atoms with Crippen molar-refractivity contribution >= 4 is 0 Å². The van der Waals surface area contributed by atoms with E-state index in [0.29, 0.717) is 5.92 Å². The lowest BCUT2D eigenvalue weighted by molar-refractivity contribution is 0.248. The second-order valence-corrected chi connectivity index (χ2v) is 5.79. The van der Waals surface area contributed by atoms with E-state index in [-0.39, 0.29) is 6.04 Å². The molecular formula is C16H25NO. The van der Waals surface area contributed by atoms with E-state index in [1.165, 1.54) is 36.8 Å². The number of ether oxygens (including phenoxy) is 1. The van der Waals surface area contributed by atoms with Gasteiger partial charge in [-0.2, -0.15) is 0 Å². The van der Waals surface area contributed by atoms with E-state index in [1.54, 1.807) is 7.11 Å². The maximum Gasteiger partial charge on any atom is 0.121 e. The molecule has 2 N–H and O–H groups in total. The van der Waals surface area contributed by atoms with Crippen molar-refractivity contribution in [3.05, 3.63) is 29.3 Å². The molecule has 18 heavy (non-hydrogen) atoms. The summed E-state index contributed by atoms with van der Waals surface area (Å²) in [6, 6.07) is 6.52. The second-order valence-electron chi connectivity index (χ2n) is 5.79. The van der Waals surface area contributed by atoms with E-state index < -0.39 is 0 Å². The van der Waals surface area contributed by atoms with Crippen molar-refractivity contribution in [2.45, 2.75) is 45.6 Å². The number of rotatable bonds is 3. The molecule has 100 valence electrons. The van der Waals surface area contributed by atoms with Crippen LogP contribution in [-0.4, -0.2) is 7.11 Å². The zero-order valence-electron chi connectivity index (χ0n) is 11.8. The highest BCUT2D eigenvalue weighted by molar-refractivity contribution is 5.37.